The van der Waals surface area contributed by atoms with Crippen molar-refractivity contribution in [1.82, 2.24) is 9.88 Å². The van der Waals surface area contributed by atoms with E-state index >= 15 is 0 Å². The summed E-state index contributed by atoms with van der Waals surface area (Å²) in [5, 5.41) is 3.37. The maximum absolute atomic E-state index is 13.0. The van der Waals surface area contributed by atoms with Crippen LogP contribution in [0.1, 0.15) is 84.7 Å². The Kier molecular flexibility index (Phi) is 7.75. The van der Waals surface area contributed by atoms with Gasteiger partial charge in [0.25, 0.3) is 5.56 Å². The fraction of sp³-hybridized carbons (Fsp3) is 0.480. The van der Waals surface area contributed by atoms with Gasteiger partial charge in [-0.1, -0.05) is 37.3 Å². The van der Waals surface area contributed by atoms with Crippen molar-refractivity contribution in [2.24, 2.45) is 5.92 Å². The zero-order chi connectivity index (χ0) is 21.5. The van der Waals surface area contributed by atoms with E-state index in [9.17, 15) is 14.4 Å². The zero-order valence-corrected chi connectivity index (χ0v) is 18.0. The minimum Gasteiger partial charge on any atom is -0.317 e. The molecule has 5 nitrogen and oxygen atoms in total. The second-order valence-electron chi connectivity index (χ2n) is 8.23. The predicted molar refractivity (Wildman–Crippen MR) is 119 cm³/mol. The summed E-state index contributed by atoms with van der Waals surface area (Å²) in [6, 6.07) is 10.9. The number of benzene rings is 1. The number of nitrogens with one attached hydrogen (secondary N) is 1. The van der Waals surface area contributed by atoms with Gasteiger partial charge in [-0.3, -0.25) is 14.4 Å². The predicted octanol–water partition coefficient (Wildman–Crippen LogP) is 4.40. The monoisotopic (exact) mass is 408 g/mol. The van der Waals surface area contributed by atoms with Gasteiger partial charge in [-0.25, -0.2) is 0 Å². The number of pyridine rings is 1. The lowest BCUT2D eigenvalue weighted by atomic mass is 9.91. The molecule has 0 bridgehead atoms. The maximum atomic E-state index is 13.0. The highest BCUT2D eigenvalue weighted by molar-refractivity contribution is 6.00. The van der Waals surface area contributed by atoms with Crippen molar-refractivity contribution in [2.75, 3.05) is 13.1 Å². The van der Waals surface area contributed by atoms with Crippen molar-refractivity contribution >= 4 is 11.6 Å². The Balaban J connectivity index is 1.83. The molecule has 1 N–H and O–H groups in total. The summed E-state index contributed by atoms with van der Waals surface area (Å²) in [6.07, 6.45) is 6.55. The minimum absolute atomic E-state index is 0.00287. The number of hydrogen-bond donors (Lipinski definition) is 1. The van der Waals surface area contributed by atoms with Crippen LogP contribution in [-0.4, -0.2) is 29.2 Å². The Morgan fingerprint density at radius 1 is 1.13 bits per heavy atom. The van der Waals surface area contributed by atoms with Gasteiger partial charge >= 0.3 is 0 Å². The molecule has 2 aromatic rings. The lowest BCUT2D eigenvalue weighted by Crippen LogP contribution is -2.30. The van der Waals surface area contributed by atoms with Crippen LogP contribution < -0.4 is 10.9 Å². The van der Waals surface area contributed by atoms with Gasteiger partial charge in [-0.05, 0) is 63.2 Å². The summed E-state index contributed by atoms with van der Waals surface area (Å²) in [7, 11) is 0. The summed E-state index contributed by atoms with van der Waals surface area (Å²) >= 11 is 0. The van der Waals surface area contributed by atoms with E-state index in [0.717, 1.165) is 31.5 Å². The average Bonchev–Trinajstić information content (AvgIpc) is 2.79. The quantitative estimate of drug-likeness (QED) is 0.625. The summed E-state index contributed by atoms with van der Waals surface area (Å²) in [5.41, 5.74) is 1.21. The second-order valence-corrected chi connectivity index (χ2v) is 8.23. The lowest BCUT2D eigenvalue weighted by Gasteiger charge is -2.22. The fourth-order valence-corrected chi connectivity index (χ4v) is 4.19. The molecule has 3 rings (SSSR count). The molecule has 160 valence electrons. The largest absolute Gasteiger partial charge is 0.317 e. The Morgan fingerprint density at radius 3 is 2.50 bits per heavy atom. The van der Waals surface area contributed by atoms with Crippen LogP contribution in [-0.2, 0) is 0 Å². The van der Waals surface area contributed by atoms with Crippen LogP contribution in [0, 0.1) is 5.92 Å². The number of carbonyl (C=O) groups is 2. The van der Waals surface area contributed by atoms with Crippen molar-refractivity contribution in [3.8, 4) is 0 Å². The Bertz CT molecular complexity index is 927. The van der Waals surface area contributed by atoms with Crippen molar-refractivity contribution in [3.05, 3.63) is 69.6 Å². The Hall–Kier alpha value is -2.53. The summed E-state index contributed by atoms with van der Waals surface area (Å²) < 4.78 is 1.54. The number of hydrogen-bond acceptors (Lipinski definition) is 4. The van der Waals surface area contributed by atoms with Gasteiger partial charge in [0, 0.05) is 24.6 Å². The van der Waals surface area contributed by atoms with Gasteiger partial charge in [-0.2, -0.15) is 0 Å². The van der Waals surface area contributed by atoms with Crippen LogP contribution in [0.5, 0.6) is 0 Å². The maximum Gasteiger partial charge on any atom is 0.262 e. The standard InChI is InChI=1S/C25H32N2O3/c1-3-23(28)22-16-21(24(29)11-7-8-19-12-14-26-15-13-19)17-27(25(22)30)18(2)20-9-5-4-6-10-20/h4-6,9-10,16-19,26H,3,7-8,11-15H2,1-2H3/t18-/m1/s1. The molecule has 1 aliphatic rings. The van der Waals surface area contributed by atoms with Crippen LogP contribution in [0.15, 0.2) is 47.4 Å². The zero-order valence-electron chi connectivity index (χ0n) is 18.0. The third-order valence-corrected chi connectivity index (χ3v) is 6.16. The molecule has 1 fully saturated rings. The molecule has 0 unspecified atom stereocenters. The number of nitrogens with zero attached hydrogens (tertiary/aromatic N) is 1. The molecule has 1 saturated heterocycles. The van der Waals surface area contributed by atoms with Crippen LogP contribution in [0.3, 0.4) is 0 Å². The third-order valence-electron chi connectivity index (χ3n) is 6.16. The molecule has 0 radical (unpaired) electrons. The molecule has 2 heterocycles. The van der Waals surface area contributed by atoms with E-state index in [1.165, 1.54) is 23.5 Å². The minimum atomic E-state index is -0.329. The number of carbonyl (C=O) groups excluding carboxylic acids is 2. The van der Waals surface area contributed by atoms with Crippen molar-refractivity contribution in [1.29, 1.82) is 0 Å². The van der Waals surface area contributed by atoms with Crippen molar-refractivity contribution in [2.45, 2.75) is 58.4 Å². The molecule has 1 aromatic heterocycles. The van der Waals surface area contributed by atoms with Crippen molar-refractivity contribution in [3.63, 3.8) is 0 Å². The highest BCUT2D eigenvalue weighted by Crippen LogP contribution is 2.21. The van der Waals surface area contributed by atoms with Gasteiger partial charge in [-0.15, -0.1) is 0 Å². The Morgan fingerprint density at radius 2 is 1.83 bits per heavy atom. The first-order valence-corrected chi connectivity index (χ1v) is 11.1. The molecule has 1 aliphatic heterocycles. The van der Waals surface area contributed by atoms with Gasteiger partial charge in [0.1, 0.15) is 0 Å². The van der Waals surface area contributed by atoms with Crippen LogP contribution in [0.4, 0.5) is 0 Å². The smallest absolute Gasteiger partial charge is 0.262 e. The lowest BCUT2D eigenvalue weighted by molar-refractivity contribution is 0.0976. The van der Waals surface area contributed by atoms with E-state index in [2.05, 4.69) is 5.32 Å². The normalized spacial score (nSPS) is 15.7. The van der Waals surface area contributed by atoms with E-state index in [0.29, 0.717) is 17.9 Å². The molecule has 0 saturated carbocycles. The third kappa shape index (κ3) is 5.33. The molecular formula is C25H32N2O3. The van der Waals surface area contributed by atoms with E-state index in [1.807, 2.05) is 37.3 Å². The van der Waals surface area contributed by atoms with E-state index < -0.39 is 0 Å². The molecule has 1 atom stereocenters. The van der Waals surface area contributed by atoms with Crippen LogP contribution >= 0.6 is 0 Å². The fourth-order valence-electron chi connectivity index (χ4n) is 4.19. The molecule has 0 aliphatic carbocycles. The first-order chi connectivity index (χ1) is 14.5. The summed E-state index contributed by atoms with van der Waals surface area (Å²) in [4.78, 5) is 38.3. The van der Waals surface area contributed by atoms with E-state index in [1.54, 1.807) is 13.1 Å². The first-order valence-electron chi connectivity index (χ1n) is 11.1. The van der Waals surface area contributed by atoms with Crippen LogP contribution in [0.2, 0.25) is 0 Å². The summed E-state index contributed by atoms with van der Waals surface area (Å²) in [6.45, 7) is 5.77. The number of piperidine rings is 1. The summed E-state index contributed by atoms with van der Waals surface area (Å²) in [5.74, 6) is 0.463. The van der Waals surface area contributed by atoms with Crippen molar-refractivity contribution < 1.29 is 9.59 Å². The highest BCUT2D eigenvalue weighted by atomic mass is 16.1. The first kappa shape index (κ1) is 22.2. The molecule has 30 heavy (non-hydrogen) atoms. The van der Waals surface area contributed by atoms with Gasteiger partial charge in [0.2, 0.25) is 0 Å². The SMILES string of the molecule is CCC(=O)c1cc(C(=O)CCCC2CCNCC2)cn([C@H](C)c2ccccc2)c1=O. The average molecular weight is 409 g/mol. The number of rotatable bonds is 9. The molecule has 0 amide bonds. The van der Waals surface area contributed by atoms with Gasteiger partial charge in [0.15, 0.2) is 11.6 Å². The Labute approximate surface area is 178 Å². The van der Waals surface area contributed by atoms with E-state index in [-0.39, 0.29) is 35.2 Å². The van der Waals surface area contributed by atoms with Gasteiger partial charge < -0.3 is 9.88 Å². The van der Waals surface area contributed by atoms with Gasteiger partial charge in [0.05, 0.1) is 11.6 Å². The second kappa shape index (κ2) is 10.5. The number of Topliss-reactive ketones (excluding diaryl/α,β-unsaturated/α-hetero) is 2. The molecule has 1 aromatic carbocycles. The molecular weight excluding hydrogens is 376 g/mol. The topological polar surface area (TPSA) is 68.2 Å². The van der Waals surface area contributed by atoms with E-state index in [4.69, 9.17) is 0 Å². The molecule has 5 heteroatoms. The highest BCUT2D eigenvalue weighted by Gasteiger charge is 2.20. The molecule has 0 spiro atoms. The van der Waals surface area contributed by atoms with Crippen LogP contribution in [0.25, 0.3) is 0 Å². The number of aromatic nitrogens is 1. The number of ketones is 2.